The van der Waals surface area contributed by atoms with Crippen molar-refractivity contribution in [2.45, 2.75) is 19.9 Å². The Bertz CT molecular complexity index is 1300. The van der Waals surface area contributed by atoms with Gasteiger partial charge in [0.1, 0.15) is 5.75 Å². The molecule has 1 aliphatic heterocycles. The molecule has 6 nitrogen and oxygen atoms in total. The van der Waals surface area contributed by atoms with E-state index in [-0.39, 0.29) is 17.9 Å². The molecule has 0 amide bonds. The van der Waals surface area contributed by atoms with Gasteiger partial charge in [-0.15, -0.1) is 0 Å². The summed E-state index contributed by atoms with van der Waals surface area (Å²) in [5.74, 6) is -0.312. The number of allylic oxidation sites excluding steroid dienone is 1. The number of ether oxygens (including phenoxy) is 1. The highest BCUT2D eigenvalue weighted by Gasteiger charge is 2.33. The van der Waals surface area contributed by atoms with Crippen molar-refractivity contribution in [3.05, 3.63) is 96.7 Å². The molecule has 0 saturated heterocycles. The average Bonchev–Trinajstić information content (AvgIpc) is 3.04. The zero-order valence-corrected chi connectivity index (χ0v) is 17.3. The van der Waals surface area contributed by atoms with E-state index < -0.39 is 12.0 Å². The second-order valence-corrected chi connectivity index (χ2v) is 7.81. The van der Waals surface area contributed by atoms with Crippen molar-refractivity contribution in [2.75, 3.05) is 6.61 Å². The maximum absolute atomic E-state index is 13.4. The van der Waals surface area contributed by atoms with Gasteiger partial charge < -0.3 is 9.84 Å². The molecule has 0 aliphatic carbocycles. The maximum Gasteiger partial charge on any atom is 0.338 e. The third-order valence-electron chi connectivity index (χ3n) is 4.82. The quantitative estimate of drug-likeness (QED) is 0.658. The summed E-state index contributed by atoms with van der Waals surface area (Å²) in [6.07, 6.45) is 1.76. The zero-order chi connectivity index (χ0) is 21.3. The highest BCUT2D eigenvalue weighted by atomic mass is 32.1. The van der Waals surface area contributed by atoms with E-state index in [0.29, 0.717) is 20.6 Å². The van der Waals surface area contributed by atoms with Crippen LogP contribution in [0.4, 0.5) is 0 Å². The molecule has 3 aromatic rings. The minimum absolute atomic E-state index is 0.160. The van der Waals surface area contributed by atoms with E-state index >= 15 is 0 Å². The van der Waals surface area contributed by atoms with Gasteiger partial charge in [0.05, 0.1) is 28.5 Å². The molecule has 1 N–H and O–H groups in total. The van der Waals surface area contributed by atoms with Crippen LogP contribution in [0.2, 0.25) is 0 Å². The summed E-state index contributed by atoms with van der Waals surface area (Å²) in [4.78, 5) is 31.2. The number of benzene rings is 2. The molecular formula is C23H20N2O4S. The van der Waals surface area contributed by atoms with Crippen LogP contribution in [-0.2, 0) is 9.53 Å². The van der Waals surface area contributed by atoms with Gasteiger partial charge in [-0.3, -0.25) is 9.36 Å². The fraction of sp³-hybridized carbons (Fsp3) is 0.174. The van der Waals surface area contributed by atoms with Crippen LogP contribution in [-0.4, -0.2) is 22.2 Å². The highest BCUT2D eigenvalue weighted by Crippen LogP contribution is 2.30. The van der Waals surface area contributed by atoms with Gasteiger partial charge in [-0.2, -0.15) is 0 Å². The Labute approximate surface area is 176 Å². The number of hydrogen-bond donors (Lipinski definition) is 1. The standard InChI is InChI=1S/C23H20N2O4S/c1-3-29-22(28)19-14(2)24-23-25(20(19)16-7-5-4-6-8-16)21(27)18(30-23)13-15-9-11-17(26)12-10-15/h4-13,20,26H,3H2,1-2H3/b18-13+. The van der Waals surface area contributed by atoms with Crippen molar-refractivity contribution in [2.24, 2.45) is 4.99 Å². The van der Waals surface area contributed by atoms with E-state index in [4.69, 9.17) is 4.74 Å². The van der Waals surface area contributed by atoms with Crippen LogP contribution in [0, 0.1) is 0 Å². The molecule has 0 bridgehead atoms. The lowest BCUT2D eigenvalue weighted by Gasteiger charge is -2.24. The molecular weight excluding hydrogens is 400 g/mol. The highest BCUT2D eigenvalue weighted by molar-refractivity contribution is 7.07. The number of phenols is 1. The zero-order valence-electron chi connectivity index (χ0n) is 16.5. The average molecular weight is 420 g/mol. The van der Waals surface area contributed by atoms with E-state index in [2.05, 4.69) is 4.99 Å². The fourth-order valence-electron chi connectivity index (χ4n) is 3.46. The predicted molar refractivity (Wildman–Crippen MR) is 115 cm³/mol. The first kappa shape index (κ1) is 19.8. The van der Waals surface area contributed by atoms with E-state index in [0.717, 1.165) is 11.1 Å². The molecule has 2 heterocycles. The molecule has 30 heavy (non-hydrogen) atoms. The van der Waals surface area contributed by atoms with Crippen molar-refractivity contribution in [1.82, 2.24) is 4.57 Å². The third-order valence-corrected chi connectivity index (χ3v) is 5.81. The summed E-state index contributed by atoms with van der Waals surface area (Å²) in [5.41, 5.74) is 2.28. The first-order chi connectivity index (χ1) is 14.5. The first-order valence-corrected chi connectivity index (χ1v) is 10.3. The third kappa shape index (κ3) is 3.59. The predicted octanol–water partition coefficient (Wildman–Crippen LogP) is 2.50. The molecule has 1 aromatic heterocycles. The molecule has 1 aliphatic rings. The number of fused-ring (bicyclic) bond motifs is 1. The Morgan fingerprint density at radius 2 is 1.90 bits per heavy atom. The molecule has 1 unspecified atom stereocenters. The monoisotopic (exact) mass is 420 g/mol. The van der Waals surface area contributed by atoms with Gasteiger partial charge >= 0.3 is 5.97 Å². The molecule has 152 valence electrons. The van der Waals surface area contributed by atoms with E-state index in [1.165, 1.54) is 11.3 Å². The van der Waals surface area contributed by atoms with Gasteiger partial charge in [-0.1, -0.05) is 53.8 Å². The lowest BCUT2D eigenvalue weighted by molar-refractivity contribution is -0.139. The van der Waals surface area contributed by atoms with Gasteiger partial charge in [0.2, 0.25) is 0 Å². The maximum atomic E-state index is 13.4. The second-order valence-electron chi connectivity index (χ2n) is 6.80. The molecule has 0 saturated carbocycles. The normalized spacial score (nSPS) is 16.2. The number of nitrogens with zero attached hydrogens (tertiary/aromatic N) is 2. The molecule has 2 aromatic carbocycles. The summed E-state index contributed by atoms with van der Waals surface area (Å²) >= 11 is 1.27. The van der Waals surface area contributed by atoms with Crippen LogP contribution in [0.1, 0.15) is 31.0 Å². The van der Waals surface area contributed by atoms with E-state index in [1.54, 1.807) is 48.8 Å². The smallest absolute Gasteiger partial charge is 0.338 e. The number of thiazole rings is 1. The number of aromatic hydroxyl groups is 1. The Morgan fingerprint density at radius 1 is 1.20 bits per heavy atom. The molecule has 1 atom stereocenters. The summed E-state index contributed by atoms with van der Waals surface area (Å²) in [5, 5.41) is 9.48. The van der Waals surface area contributed by atoms with Gasteiger partial charge in [-0.05, 0) is 43.2 Å². The van der Waals surface area contributed by atoms with Gasteiger partial charge in [0.15, 0.2) is 4.80 Å². The molecule has 4 rings (SSSR count). The summed E-state index contributed by atoms with van der Waals surface area (Å²) in [7, 11) is 0. The van der Waals surface area contributed by atoms with Crippen LogP contribution < -0.4 is 14.9 Å². The van der Waals surface area contributed by atoms with Crippen molar-refractivity contribution in [3.63, 3.8) is 0 Å². The SMILES string of the molecule is CCOC(=O)C1=C(C)N=c2s/c(=C/c3ccc(O)cc3)c(=O)n2C1c1ccccc1. The van der Waals surface area contributed by atoms with Gasteiger partial charge in [0.25, 0.3) is 5.56 Å². The van der Waals surface area contributed by atoms with Gasteiger partial charge in [0, 0.05) is 0 Å². The Hall–Kier alpha value is -3.45. The number of esters is 1. The number of aromatic nitrogens is 1. The second kappa shape index (κ2) is 8.12. The summed E-state index contributed by atoms with van der Waals surface area (Å²) in [6.45, 7) is 3.75. The van der Waals surface area contributed by atoms with E-state index in [9.17, 15) is 14.7 Å². The molecule has 0 fully saturated rings. The number of carbonyl (C=O) groups is 1. The Morgan fingerprint density at radius 3 is 2.57 bits per heavy atom. The lowest BCUT2D eigenvalue weighted by Crippen LogP contribution is -2.39. The number of rotatable bonds is 4. The summed E-state index contributed by atoms with van der Waals surface area (Å²) < 4.78 is 7.33. The number of hydrogen-bond acceptors (Lipinski definition) is 6. The molecule has 0 spiro atoms. The van der Waals surface area contributed by atoms with Crippen LogP contribution in [0.5, 0.6) is 5.75 Å². The van der Waals surface area contributed by atoms with Crippen LogP contribution in [0.15, 0.2) is 75.7 Å². The van der Waals surface area contributed by atoms with Crippen molar-refractivity contribution < 1.29 is 14.6 Å². The Kier molecular flexibility index (Phi) is 5.37. The minimum atomic E-state index is -0.608. The largest absolute Gasteiger partial charge is 0.508 e. The van der Waals surface area contributed by atoms with Crippen molar-refractivity contribution >= 4 is 23.4 Å². The van der Waals surface area contributed by atoms with Crippen LogP contribution >= 0.6 is 11.3 Å². The number of phenolic OH excluding ortho intramolecular Hbond substituents is 1. The van der Waals surface area contributed by atoms with E-state index in [1.807, 2.05) is 30.3 Å². The topological polar surface area (TPSA) is 80.9 Å². The first-order valence-electron chi connectivity index (χ1n) is 9.53. The van der Waals surface area contributed by atoms with Crippen LogP contribution in [0.25, 0.3) is 6.08 Å². The fourth-order valence-corrected chi connectivity index (χ4v) is 4.51. The van der Waals surface area contributed by atoms with Gasteiger partial charge in [-0.25, -0.2) is 9.79 Å². The molecule has 0 radical (unpaired) electrons. The lowest BCUT2D eigenvalue weighted by atomic mass is 9.96. The number of carbonyl (C=O) groups excluding carboxylic acids is 1. The summed E-state index contributed by atoms with van der Waals surface area (Å²) in [6, 6.07) is 15.4. The van der Waals surface area contributed by atoms with Crippen LogP contribution in [0.3, 0.4) is 0 Å². The Balaban J connectivity index is 1.94. The minimum Gasteiger partial charge on any atom is -0.508 e. The van der Waals surface area contributed by atoms with Crippen molar-refractivity contribution in [1.29, 1.82) is 0 Å². The van der Waals surface area contributed by atoms with Crippen molar-refractivity contribution in [3.8, 4) is 5.75 Å². The molecule has 7 heteroatoms.